The van der Waals surface area contributed by atoms with Crippen LogP contribution < -0.4 is 4.74 Å². The van der Waals surface area contributed by atoms with E-state index in [1.54, 1.807) is 30.3 Å². The molecule has 0 heterocycles. The third-order valence-corrected chi connectivity index (χ3v) is 3.85. The molecule has 0 atom stereocenters. The zero-order valence-electron chi connectivity index (χ0n) is 13.1. The molecule has 1 aliphatic rings. The van der Waals surface area contributed by atoms with E-state index in [4.69, 9.17) is 10.00 Å². The zero-order valence-corrected chi connectivity index (χ0v) is 13.1. The molecule has 1 aromatic carbocycles. The van der Waals surface area contributed by atoms with Gasteiger partial charge in [-0.15, -0.1) is 0 Å². The molecule has 5 nitrogen and oxygen atoms in total. The number of esters is 2. The number of hydrogen-bond acceptors (Lipinski definition) is 5. The highest BCUT2D eigenvalue weighted by molar-refractivity contribution is 5.97. The second-order valence-electron chi connectivity index (χ2n) is 5.49. The Balaban J connectivity index is 2.10. The predicted octanol–water partition coefficient (Wildman–Crippen LogP) is 3.25. The van der Waals surface area contributed by atoms with E-state index in [0.29, 0.717) is 11.3 Å². The van der Waals surface area contributed by atoms with Crippen LogP contribution in [0.25, 0.3) is 6.08 Å². The molecular weight excluding hydrogens is 294 g/mol. The summed E-state index contributed by atoms with van der Waals surface area (Å²) in [4.78, 5) is 23.6. The smallest absolute Gasteiger partial charge is 0.348 e. The molecule has 1 aliphatic carbocycles. The molecule has 0 unspecified atom stereocenters. The van der Waals surface area contributed by atoms with Crippen molar-refractivity contribution in [3.8, 4) is 11.8 Å². The van der Waals surface area contributed by atoms with Crippen molar-refractivity contribution in [3.63, 3.8) is 0 Å². The van der Waals surface area contributed by atoms with Crippen molar-refractivity contribution in [3.05, 3.63) is 35.4 Å². The number of hydrogen-bond donors (Lipinski definition) is 0. The van der Waals surface area contributed by atoms with Gasteiger partial charge in [0.2, 0.25) is 0 Å². The van der Waals surface area contributed by atoms with E-state index in [2.05, 4.69) is 4.74 Å². The van der Waals surface area contributed by atoms with E-state index < -0.39 is 5.97 Å². The summed E-state index contributed by atoms with van der Waals surface area (Å²) in [5.74, 6) is -0.527. The molecule has 0 radical (unpaired) electrons. The molecule has 0 spiro atoms. The Hall–Kier alpha value is -2.61. The first-order chi connectivity index (χ1) is 11.1. The summed E-state index contributed by atoms with van der Waals surface area (Å²) in [7, 11) is 1.22. The number of benzene rings is 1. The maximum Gasteiger partial charge on any atom is 0.348 e. The van der Waals surface area contributed by atoms with Crippen LogP contribution in [-0.2, 0) is 14.3 Å². The van der Waals surface area contributed by atoms with Crippen LogP contribution in [0.4, 0.5) is 0 Å². The Morgan fingerprint density at radius 1 is 1.26 bits per heavy atom. The number of ether oxygens (including phenoxy) is 2. The highest BCUT2D eigenvalue weighted by Crippen LogP contribution is 2.26. The molecule has 0 bridgehead atoms. The van der Waals surface area contributed by atoms with Crippen LogP contribution in [0.5, 0.6) is 5.75 Å². The van der Waals surface area contributed by atoms with Crippen LogP contribution in [0, 0.1) is 17.2 Å². The lowest BCUT2D eigenvalue weighted by molar-refractivity contribution is -0.140. The number of nitriles is 1. The van der Waals surface area contributed by atoms with Crippen LogP contribution in [0.15, 0.2) is 29.8 Å². The second-order valence-corrected chi connectivity index (χ2v) is 5.49. The maximum absolute atomic E-state index is 12.1. The number of methoxy groups -OCH3 is 1. The SMILES string of the molecule is COC(=O)/C(C#N)=C/c1cccc(OC(=O)C2CCCCC2)c1. The first-order valence-electron chi connectivity index (χ1n) is 7.66. The van der Waals surface area contributed by atoms with Gasteiger partial charge >= 0.3 is 11.9 Å². The summed E-state index contributed by atoms with van der Waals surface area (Å²) >= 11 is 0. The summed E-state index contributed by atoms with van der Waals surface area (Å²) in [5.41, 5.74) is 0.490. The van der Waals surface area contributed by atoms with Gasteiger partial charge in [-0.3, -0.25) is 4.79 Å². The summed E-state index contributed by atoms with van der Waals surface area (Å²) in [6.45, 7) is 0. The third kappa shape index (κ3) is 4.68. The van der Waals surface area contributed by atoms with E-state index in [0.717, 1.165) is 25.7 Å². The standard InChI is InChI=1S/C18H19NO4/c1-22-17(20)15(12-19)10-13-6-5-9-16(11-13)23-18(21)14-7-3-2-4-8-14/h5-6,9-11,14H,2-4,7-8H2,1H3/b15-10+. The lowest BCUT2D eigenvalue weighted by Crippen LogP contribution is -2.22. The molecule has 2 rings (SSSR count). The molecule has 0 aliphatic heterocycles. The van der Waals surface area contributed by atoms with Gasteiger partial charge in [0.05, 0.1) is 13.0 Å². The molecular formula is C18H19NO4. The number of carbonyl (C=O) groups is 2. The molecule has 0 saturated heterocycles. The predicted molar refractivity (Wildman–Crippen MR) is 84.3 cm³/mol. The second kappa shape index (κ2) is 8.14. The van der Waals surface area contributed by atoms with Gasteiger partial charge in [-0.1, -0.05) is 31.4 Å². The minimum absolute atomic E-state index is 0.0345. The van der Waals surface area contributed by atoms with Crippen molar-refractivity contribution >= 4 is 18.0 Å². The normalized spacial score (nSPS) is 15.6. The molecule has 1 saturated carbocycles. The fourth-order valence-corrected chi connectivity index (χ4v) is 2.62. The fraction of sp³-hybridized carbons (Fsp3) is 0.389. The Morgan fingerprint density at radius 2 is 2.00 bits per heavy atom. The third-order valence-electron chi connectivity index (χ3n) is 3.85. The summed E-state index contributed by atoms with van der Waals surface area (Å²) in [6, 6.07) is 8.53. The number of rotatable bonds is 4. The Bertz CT molecular complexity index is 651. The quantitative estimate of drug-likeness (QED) is 0.369. The fourth-order valence-electron chi connectivity index (χ4n) is 2.62. The molecule has 1 fully saturated rings. The van der Waals surface area contributed by atoms with Gasteiger partial charge in [0, 0.05) is 0 Å². The molecule has 1 aromatic rings. The molecule has 23 heavy (non-hydrogen) atoms. The van der Waals surface area contributed by atoms with Crippen molar-refractivity contribution in [2.24, 2.45) is 5.92 Å². The lowest BCUT2D eigenvalue weighted by atomic mass is 9.89. The highest BCUT2D eigenvalue weighted by Gasteiger charge is 2.23. The van der Waals surface area contributed by atoms with Gasteiger partial charge in [-0.25, -0.2) is 4.79 Å². The molecule has 120 valence electrons. The van der Waals surface area contributed by atoms with Crippen LogP contribution in [0.1, 0.15) is 37.7 Å². The van der Waals surface area contributed by atoms with E-state index in [9.17, 15) is 9.59 Å². The topological polar surface area (TPSA) is 76.4 Å². The molecule has 0 amide bonds. The molecule has 0 N–H and O–H groups in total. The molecule has 0 aromatic heterocycles. The summed E-state index contributed by atoms with van der Waals surface area (Å²) in [5, 5.41) is 8.97. The van der Waals surface area contributed by atoms with Gasteiger partial charge < -0.3 is 9.47 Å². The van der Waals surface area contributed by atoms with Gasteiger partial charge in [0.25, 0.3) is 0 Å². The van der Waals surface area contributed by atoms with Gasteiger partial charge in [0.1, 0.15) is 17.4 Å². The highest BCUT2D eigenvalue weighted by atomic mass is 16.5. The summed E-state index contributed by atoms with van der Waals surface area (Å²) < 4.78 is 9.96. The maximum atomic E-state index is 12.1. The van der Waals surface area contributed by atoms with E-state index in [1.807, 2.05) is 0 Å². The zero-order chi connectivity index (χ0) is 16.7. The first kappa shape index (κ1) is 16.8. The first-order valence-corrected chi connectivity index (χ1v) is 7.66. The van der Waals surface area contributed by atoms with Gasteiger partial charge in [0.15, 0.2) is 0 Å². The largest absolute Gasteiger partial charge is 0.465 e. The van der Waals surface area contributed by atoms with Crippen molar-refractivity contribution in [1.82, 2.24) is 0 Å². The Labute approximate surface area is 135 Å². The van der Waals surface area contributed by atoms with Crippen molar-refractivity contribution in [1.29, 1.82) is 5.26 Å². The van der Waals surface area contributed by atoms with Gasteiger partial charge in [-0.05, 0) is 36.6 Å². The van der Waals surface area contributed by atoms with E-state index in [1.165, 1.54) is 19.6 Å². The van der Waals surface area contributed by atoms with E-state index >= 15 is 0 Å². The van der Waals surface area contributed by atoms with Crippen molar-refractivity contribution < 1.29 is 19.1 Å². The minimum atomic E-state index is -0.697. The monoisotopic (exact) mass is 313 g/mol. The van der Waals surface area contributed by atoms with Crippen LogP contribution in [0.3, 0.4) is 0 Å². The van der Waals surface area contributed by atoms with Crippen molar-refractivity contribution in [2.45, 2.75) is 32.1 Å². The Kier molecular flexibility index (Phi) is 5.93. The summed E-state index contributed by atoms with van der Waals surface area (Å²) in [6.07, 6.45) is 6.46. The average Bonchev–Trinajstić information content (AvgIpc) is 2.60. The lowest BCUT2D eigenvalue weighted by Gasteiger charge is -2.19. The van der Waals surface area contributed by atoms with E-state index in [-0.39, 0.29) is 17.5 Å². The minimum Gasteiger partial charge on any atom is -0.465 e. The van der Waals surface area contributed by atoms with Crippen LogP contribution in [0.2, 0.25) is 0 Å². The van der Waals surface area contributed by atoms with Crippen LogP contribution in [-0.4, -0.2) is 19.0 Å². The average molecular weight is 313 g/mol. The van der Waals surface area contributed by atoms with Crippen LogP contribution >= 0.6 is 0 Å². The number of carbonyl (C=O) groups excluding carboxylic acids is 2. The Morgan fingerprint density at radius 3 is 2.65 bits per heavy atom. The molecule has 5 heteroatoms. The number of nitrogens with zero attached hydrogens (tertiary/aromatic N) is 1. The van der Waals surface area contributed by atoms with Crippen molar-refractivity contribution in [2.75, 3.05) is 7.11 Å². The van der Waals surface area contributed by atoms with Gasteiger partial charge in [-0.2, -0.15) is 5.26 Å².